The van der Waals surface area contributed by atoms with Gasteiger partial charge in [-0.05, 0) is 32.4 Å². The molecule has 1 aliphatic rings. The number of carbonyl (C=O) groups excluding carboxylic acids is 3. The van der Waals surface area contributed by atoms with Crippen LogP contribution in [0.3, 0.4) is 0 Å². The summed E-state index contributed by atoms with van der Waals surface area (Å²) in [6.07, 6.45) is 2.09. The minimum atomic E-state index is -0.873. The molecule has 0 aromatic heterocycles. The number of carbonyl (C=O) groups is 3. The van der Waals surface area contributed by atoms with Gasteiger partial charge in [0.05, 0.1) is 25.5 Å². The Hall–Kier alpha value is -2.98. The Bertz CT molecular complexity index is 762. The average molecular weight is 434 g/mol. The molecular weight excluding hydrogens is 404 g/mol. The van der Waals surface area contributed by atoms with Crippen molar-refractivity contribution in [1.29, 1.82) is 0 Å². The Morgan fingerprint density at radius 3 is 2.68 bits per heavy atom. The zero-order chi connectivity index (χ0) is 22.5. The lowest BCUT2D eigenvalue weighted by molar-refractivity contribution is -0.139. The molecule has 2 N–H and O–H groups in total. The lowest BCUT2D eigenvalue weighted by Gasteiger charge is -2.26. The number of para-hydroxylation sites is 1. The van der Waals surface area contributed by atoms with Gasteiger partial charge >= 0.3 is 11.8 Å². The lowest BCUT2D eigenvalue weighted by atomic mass is 10.2. The van der Waals surface area contributed by atoms with E-state index >= 15 is 0 Å². The van der Waals surface area contributed by atoms with Crippen molar-refractivity contribution in [2.45, 2.75) is 26.4 Å². The van der Waals surface area contributed by atoms with Crippen LogP contribution in [0.4, 0.5) is 0 Å². The van der Waals surface area contributed by atoms with Crippen molar-refractivity contribution < 1.29 is 28.6 Å². The van der Waals surface area contributed by atoms with Crippen molar-refractivity contribution >= 4 is 23.9 Å². The molecule has 10 heteroatoms. The molecule has 170 valence electrons. The van der Waals surface area contributed by atoms with Crippen LogP contribution in [0.2, 0.25) is 0 Å². The fraction of sp³-hybridized carbons (Fsp3) is 0.524. The maximum atomic E-state index is 12.2. The highest BCUT2D eigenvalue weighted by Gasteiger charge is 2.17. The van der Waals surface area contributed by atoms with Crippen LogP contribution < -0.4 is 15.5 Å². The Labute approximate surface area is 181 Å². The van der Waals surface area contributed by atoms with E-state index in [0.717, 1.165) is 0 Å². The Morgan fingerprint density at radius 1 is 1.19 bits per heavy atom. The van der Waals surface area contributed by atoms with Crippen molar-refractivity contribution in [2.24, 2.45) is 5.10 Å². The number of benzene rings is 1. The van der Waals surface area contributed by atoms with Crippen LogP contribution in [0.25, 0.3) is 0 Å². The molecule has 0 aliphatic carbocycles. The number of nitrogens with one attached hydrogen (secondary N) is 2. The molecule has 0 saturated carbocycles. The molecule has 1 aromatic rings. The zero-order valence-electron chi connectivity index (χ0n) is 18.0. The van der Waals surface area contributed by atoms with Gasteiger partial charge in [-0.25, -0.2) is 5.43 Å². The molecule has 3 amide bonds. The van der Waals surface area contributed by atoms with Gasteiger partial charge in [0.1, 0.15) is 5.75 Å². The van der Waals surface area contributed by atoms with Gasteiger partial charge in [0, 0.05) is 31.8 Å². The first-order chi connectivity index (χ1) is 15.0. The van der Waals surface area contributed by atoms with E-state index in [0.29, 0.717) is 57.2 Å². The van der Waals surface area contributed by atoms with Gasteiger partial charge < -0.3 is 24.4 Å². The third-order valence-corrected chi connectivity index (χ3v) is 4.27. The fourth-order valence-electron chi connectivity index (χ4n) is 2.65. The molecule has 0 unspecified atom stereocenters. The van der Waals surface area contributed by atoms with Crippen LogP contribution in [-0.2, 0) is 23.9 Å². The smallest absolute Gasteiger partial charge is 0.329 e. The van der Waals surface area contributed by atoms with Gasteiger partial charge in [-0.2, -0.15) is 5.10 Å². The Balaban J connectivity index is 1.77. The lowest BCUT2D eigenvalue weighted by Crippen LogP contribution is -2.43. The van der Waals surface area contributed by atoms with Crippen LogP contribution in [0, 0.1) is 0 Å². The van der Waals surface area contributed by atoms with Crippen LogP contribution in [0.5, 0.6) is 5.75 Å². The van der Waals surface area contributed by atoms with E-state index in [1.165, 1.54) is 6.21 Å². The maximum Gasteiger partial charge on any atom is 0.329 e. The minimum absolute atomic E-state index is 0.111. The highest BCUT2D eigenvalue weighted by molar-refractivity contribution is 6.35. The third kappa shape index (κ3) is 9.14. The van der Waals surface area contributed by atoms with Gasteiger partial charge in [0.25, 0.3) is 5.91 Å². The fourth-order valence-corrected chi connectivity index (χ4v) is 2.65. The first-order valence-electron chi connectivity index (χ1n) is 10.3. The molecule has 2 rings (SSSR count). The van der Waals surface area contributed by atoms with Crippen LogP contribution in [0.1, 0.15) is 25.8 Å². The predicted molar refractivity (Wildman–Crippen MR) is 114 cm³/mol. The molecule has 10 nitrogen and oxygen atoms in total. The standard InChI is InChI=1S/C21H30N4O6/c1-16(2)30-11-5-8-22-20(27)21(28)24-23-14-17-6-3-4-7-18(17)31-15-19(26)25-9-12-29-13-10-25/h3-4,6-7,14,16H,5,8-13,15H2,1-2H3,(H,22,27)(H,24,28)/b23-14-. The molecule has 0 radical (unpaired) electrons. The second-order valence-electron chi connectivity index (χ2n) is 7.05. The number of hydrogen-bond acceptors (Lipinski definition) is 7. The Morgan fingerprint density at radius 2 is 1.94 bits per heavy atom. The number of nitrogens with zero attached hydrogens (tertiary/aromatic N) is 2. The SMILES string of the molecule is CC(C)OCCCNC(=O)C(=O)N/N=C\c1ccccc1OCC(=O)N1CCOCC1. The van der Waals surface area contributed by atoms with E-state index in [-0.39, 0.29) is 18.6 Å². The highest BCUT2D eigenvalue weighted by Crippen LogP contribution is 2.16. The summed E-state index contributed by atoms with van der Waals surface area (Å²) < 4.78 is 16.2. The third-order valence-electron chi connectivity index (χ3n) is 4.27. The summed E-state index contributed by atoms with van der Waals surface area (Å²) in [7, 11) is 0. The summed E-state index contributed by atoms with van der Waals surface area (Å²) >= 11 is 0. The average Bonchev–Trinajstić information content (AvgIpc) is 2.78. The summed E-state index contributed by atoms with van der Waals surface area (Å²) in [5.41, 5.74) is 2.74. The number of ether oxygens (including phenoxy) is 3. The summed E-state index contributed by atoms with van der Waals surface area (Å²) in [6, 6.07) is 6.95. The highest BCUT2D eigenvalue weighted by atomic mass is 16.5. The largest absolute Gasteiger partial charge is 0.483 e. The minimum Gasteiger partial charge on any atom is -0.483 e. The van der Waals surface area contributed by atoms with Crippen molar-refractivity contribution in [3.8, 4) is 5.75 Å². The Kier molecular flexibility index (Phi) is 10.5. The van der Waals surface area contributed by atoms with Crippen molar-refractivity contribution in [3.63, 3.8) is 0 Å². The number of rotatable bonds is 10. The van der Waals surface area contributed by atoms with Gasteiger partial charge in [-0.15, -0.1) is 0 Å². The number of hydrazone groups is 1. The summed E-state index contributed by atoms with van der Waals surface area (Å²) in [5.74, 6) is -1.33. The van der Waals surface area contributed by atoms with Gasteiger partial charge in [-0.1, -0.05) is 12.1 Å². The summed E-state index contributed by atoms with van der Waals surface area (Å²) in [4.78, 5) is 37.5. The van der Waals surface area contributed by atoms with Crippen LogP contribution in [0.15, 0.2) is 29.4 Å². The molecular formula is C21H30N4O6. The van der Waals surface area contributed by atoms with E-state index < -0.39 is 11.8 Å². The van der Waals surface area contributed by atoms with E-state index in [1.807, 2.05) is 13.8 Å². The van der Waals surface area contributed by atoms with Gasteiger partial charge in [0.15, 0.2) is 6.61 Å². The molecule has 1 saturated heterocycles. The van der Waals surface area contributed by atoms with Gasteiger partial charge in [0.2, 0.25) is 0 Å². The van der Waals surface area contributed by atoms with E-state index in [9.17, 15) is 14.4 Å². The number of amides is 3. The summed E-state index contributed by atoms with van der Waals surface area (Å²) in [5, 5.41) is 6.31. The van der Waals surface area contributed by atoms with Gasteiger partial charge in [-0.3, -0.25) is 14.4 Å². The van der Waals surface area contributed by atoms with E-state index in [2.05, 4.69) is 15.8 Å². The first kappa shape index (κ1) is 24.3. The van der Waals surface area contributed by atoms with Crippen molar-refractivity contribution in [3.05, 3.63) is 29.8 Å². The number of morpholine rings is 1. The second kappa shape index (κ2) is 13.3. The normalized spacial score (nSPS) is 14.0. The van der Waals surface area contributed by atoms with E-state index in [4.69, 9.17) is 14.2 Å². The summed E-state index contributed by atoms with van der Waals surface area (Å²) in [6.45, 7) is 6.71. The van der Waals surface area contributed by atoms with Crippen LogP contribution >= 0.6 is 0 Å². The van der Waals surface area contributed by atoms with Crippen molar-refractivity contribution in [2.75, 3.05) is 46.1 Å². The quantitative estimate of drug-likeness (QED) is 0.237. The number of hydrogen-bond donors (Lipinski definition) is 2. The molecule has 31 heavy (non-hydrogen) atoms. The van der Waals surface area contributed by atoms with Crippen LogP contribution in [-0.4, -0.2) is 81.0 Å². The molecule has 0 atom stereocenters. The predicted octanol–water partition coefficient (Wildman–Crippen LogP) is 0.306. The molecule has 1 aliphatic heterocycles. The zero-order valence-corrected chi connectivity index (χ0v) is 18.0. The molecule has 0 spiro atoms. The molecule has 1 aromatic carbocycles. The monoisotopic (exact) mass is 434 g/mol. The molecule has 1 fully saturated rings. The molecule has 0 bridgehead atoms. The topological polar surface area (TPSA) is 119 Å². The maximum absolute atomic E-state index is 12.2. The first-order valence-corrected chi connectivity index (χ1v) is 10.3. The molecule has 1 heterocycles. The second-order valence-corrected chi connectivity index (χ2v) is 7.05. The van der Waals surface area contributed by atoms with E-state index in [1.54, 1.807) is 29.2 Å². The van der Waals surface area contributed by atoms with Crippen molar-refractivity contribution in [1.82, 2.24) is 15.6 Å².